The first kappa shape index (κ1) is 10.1. The molecule has 0 saturated heterocycles. The van der Waals surface area contributed by atoms with Crippen molar-refractivity contribution in [3.8, 4) is 11.4 Å². The molecule has 0 amide bonds. The van der Waals surface area contributed by atoms with Gasteiger partial charge in [0.05, 0.1) is 21.9 Å². The second kappa shape index (κ2) is 3.62. The third-order valence-electron chi connectivity index (χ3n) is 2.01. The van der Waals surface area contributed by atoms with Gasteiger partial charge in [-0.1, -0.05) is 0 Å². The summed E-state index contributed by atoms with van der Waals surface area (Å²) >= 11 is 3.32. The molecule has 2 heterocycles. The zero-order valence-electron chi connectivity index (χ0n) is 8.40. The highest BCUT2D eigenvalue weighted by Crippen LogP contribution is 2.23. The molecule has 6 heteroatoms. The molecule has 2 aromatic rings. The van der Waals surface area contributed by atoms with Gasteiger partial charge in [0.1, 0.15) is 5.82 Å². The zero-order chi connectivity index (χ0) is 11.0. The standard InChI is InChI=1S/C9H10BrN5/c1-5-7(10)8(11)14-9(13-5)6-3-12-15(2)4-6/h3-4H,1-2H3,(H2,11,13,14). The summed E-state index contributed by atoms with van der Waals surface area (Å²) in [4.78, 5) is 8.51. The van der Waals surface area contributed by atoms with Crippen LogP contribution in [0.5, 0.6) is 0 Å². The van der Waals surface area contributed by atoms with Crippen LogP contribution < -0.4 is 5.73 Å². The smallest absolute Gasteiger partial charge is 0.165 e. The van der Waals surface area contributed by atoms with Gasteiger partial charge in [0.15, 0.2) is 5.82 Å². The highest BCUT2D eigenvalue weighted by molar-refractivity contribution is 9.10. The summed E-state index contributed by atoms with van der Waals surface area (Å²) in [6.07, 6.45) is 3.56. The number of aromatic nitrogens is 4. The van der Waals surface area contributed by atoms with Gasteiger partial charge in [0.25, 0.3) is 0 Å². The van der Waals surface area contributed by atoms with Gasteiger partial charge < -0.3 is 5.73 Å². The SMILES string of the molecule is Cc1nc(-c2cnn(C)c2)nc(N)c1Br. The lowest BCUT2D eigenvalue weighted by Crippen LogP contribution is -1.99. The fourth-order valence-corrected chi connectivity index (χ4v) is 1.42. The maximum atomic E-state index is 5.74. The van der Waals surface area contributed by atoms with E-state index in [9.17, 15) is 0 Å². The molecule has 2 aromatic heterocycles. The third-order valence-corrected chi connectivity index (χ3v) is 2.99. The maximum absolute atomic E-state index is 5.74. The van der Waals surface area contributed by atoms with Crippen LogP contribution in [0.1, 0.15) is 5.69 Å². The molecule has 78 valence electrons. The summed E-state index contributed by atoms with van der Waals surface area (Å²) in [6.45, 7) is 1.88. The quantitative estimate of drug-likeness (QED) is 0.851. The predicted molar refractivity (Wildman–Crippen MR) is 61.1 cm³/mol. The van der Waals surface area contributed by atoms with E-state index in [0.717, 1.165) is 15.7 Å². The van der Waals surface area contributed by atoms with Gasteiger partial charge in [-0.15, -0.1) is 0 Å². The topological polar surface area (TPSA) is 69.6 Å². The number of nitrogens with two attached hydrogens (primary N) is 1. The number of nitrogen functional groups attached to an aromatic ring is 1. The molecule has 15 heavy (non-hydrogen) atoms. The Bertz CT molecular complexity index is 482. The third kappa shape index (κ3) is 1.85. The highest BCUT2D eigenvalue weighted by atomic mass is 79.9. The van der Waals surface area contributed by atoms with Crippen LogP contribution in [0.15, 0.2) is 16.9 Å². The van der Waals surface area contributed by atoms with E-state index in [2.05, 4.69) is 31.0 Å². The molecule has 0 aliphatic heterocycles. The number of hydrogen-bond acceptors (Lipinski definition) is 4. The van der Waals surface area contributed by atoms with E-state index in [4.69, 9.17) is 5.73 Å². The molecule has 2 rings (SSSR count). The Morgan fingerprint density at radius 2 is 2.13 bits per heavy atom. The van der Waals surface area contributed by atoms with E-state index in [1.807, 2.05) is 20.2 Å². The summed E-state index contributed by atoms with van der Waals surface area (Å²) < 4.78 is 2.45. The molecular weight excluding hydrogens is 258 g/mol. The van der Waals surface area contributed by atoms with Crippen molar-refractivity contribution in [1.29, 1.82) is 0 Å². The van der Waals surface area contributed by atoms with E-state index in [1.54, 1.807) is 10.9 Å². The fourth-order valence-electron chi connectivity index (χ4n) is 1.25. The predicted octanol–water partition coefficient (Wildman–Crippen LogP) is 1.53. The average Bonchev–Trinajstić information content (AvgIpc) is 2.60. The van der Waals surface area contributed by atoms with Crippen molar-refractivity contribution in [2.24, 2.45) is 7.05 Å². The van der Waals surface area contributed by atoms with Crippen LogP contribution in [0.25, 0.3) is 11.4 Å². The first-order valence-corrected chi connectivity index (χ1v) is 5.16. The van der Waals surface area contributed by atoms with Gasteiger partial charge in [-0.2, -0.15) is 5.10 Å². The molecule has 0 aliphatic carbocycles. The van der Waals surface area contributed by atoms with Crippen molar-refractivity contribution in [3.05, 3.63) is 22.6 Å². The number of anilines is 1. The lowest BCUT2D eigenvalue weighted by atomic mass is 10.3. The average molecular weight is 268 g/mol. The van der Waals surface area contributed by atoms with Gasteiger partial charge in [-0.05, 0) is 22.9 Å². The van der Waals surface area contributed by atoms with Crippen LogP contribution in [-0.2, 0) is 7.05 Å². The highest BCUT2D eigenvalue weighted by Gasteiger charge is 2.09. The molecule has 0 bridgehead atoms. The summed E-state index contributed by atoms with van der Waals surface area (Å²) in [5, 5.41) is 4.06. The monoisotopic (exact) mass is 267 g/mol. The normalized spacial score (nSPS) is 10.6. The van der Waals surface area contributed by atoms with Gasteiger partial charge in [0, 0.05) is 13.2 Å². The van der Waals surface area contributed by atoms with E-state index >= 15 is 0 Å². The summed E-state index contributed by atoms with van der Waals surface area (Å²) in [5.74, 6) is 1.04. The Kier molecular flexibility index (Phi) is 2.44. The molecule has 5 nitrogen and oxygen atoms in total. The van der Waals surface area contributed by atoms with Crippen LogP contribution in [-0.4, -0.2) is 19.7 Å². The molecule has 0 radical (unpaired) electrons. The van der Waals surface area contributed by atoms with Crippen molar-refractivity contribution < 1.29 is 0 Å². The molecule has 0 spiro atoms. The van der Waals surface area contributed by atoms with E-state index < -0.39 is 0 Å². The minimum absolute atomic E-state index is 0.446. The van der Waals surface area contributed by atoms with Gasteiger partial charge >= 0.3 is 0 Å². The van der Waals surface area contributed by atoms with E-state index in [-0.39, 0.29) is 0 Å². The van der Waals surface area contributed by atoms with Crippen molar-refractivity contribution >= 4 is 21.7 Å². The Labute approximate surface area is 95.5 Å². The molecule has 0 fully saturated rings. The Hall–Kier alpha value is -1.43. The fraction of sp³-hybridized carbons (Fsp3) is 0.222. The molecule has 0 aromatic carbocycles. The second-order valence-corrected chi connectivity index (χ2v) is 4.03. The lowest BCUT2D eigenvalue weighted by molar-refractivity contribution is 0.768. The molecule has 0 aliphatic rings. The molecular formula is C9H10BrN5. The van der Waals surface area contributed by atoms with Gasteiger partial charge in [-0.3, -0.25) is 4.68 Å². The molecule has 0 unspecified atom stereocenters. The Morgan fingerprint density at radius 3 is 2.67 bits per heavy atom. The number of aryl methyl sites for hydroxylation is 2. The first-order valence-electron chi connectivity index (χ1n) is 4.36. The zero-order valence-corrected chi connectivity index (χ0v) is 9.98. The minimum atomic E-state index is 0.446. The van der Waals surface area contributed by atoms with Crippen molar-refractivity contribution in [1.82, 2.24) is 19.7 Å². The summed E-state index contributed by atoms with van der Waals surface area (Å²) in [7, 11) is 1.85. The van der Waals surface area contributed by atoms with Crippen LogP contribution in [0.4, 0.5) is 5.82 Å². The van der Waals surface area contributed by atoms with Crippen molar-refractivity contribution in [2.45, 2.75) is 6.92 Å². The molecule has 0 saturated carbocycles. The maximum Gasteiger partial charge on any atom is 0.165 e. The van der Waals surface area contributed by atoms with Gasteiger partial charge in [-0.25, -0.2) is 9.97 Å². The lowest BCUT2D eigenvalue weighted by Gasteiger charge is -2.03. The Balaban J connectivity index is 2.55. The Morgan fingerprint density at radius 1 is 1.40 bits per heavy atom. The van der Waals surface area contributed by atoms with E-state index in [0.29, 0.717) is 11.6 Å². The van der Waals surface area contributed by atoms with Crippen molar-refractivity contribution in [2.75, 3.05) is 5.73 Å². The van der Waals surface area contributed by atoms with Crippen LogP contribution in [0.2, 0.25) is 0 Å². The summed E-state index contributed by atoms with van der Waals surface area (Å²) in [6, 6.07) is 0. The molecule has 2 N–H and O–H groups in total. The number of halogens is 1. The first-order chi connectivity index (χ1) is 7.08. The molecule has 0 atom stereocenters. The number of hydrogen-bond donors (Lipinski definition) is 1. The van der Waals surface area contributed by atoms with Crippen LogP contribution >= 0.6 is 15.9 Å². The number of nitrogens with zero attached hydrogens (tertiary/aromatic N) is 4. The van der Waals surface area contributed by atoms with E-state index in [1.165, 1.54) is 0 Å². The van der Waals surface area contributed by atoms with Crippen LogP contribution in [0.3, 0.4) is 0 Å². The summed E-state index contributed by atoms with van der Waals surface area (Å²) in [5.41, 5.74) is 7.42. The van der Waals surface area contributed by atoms with Crippen LogP contribution in [0, 0.1) is 6.92 Å². The number of rotatable bonds is 1. The largest absolute Gasteiger partial charge is 0.383 e. The second-order valence-electron chi connectivity index (χ2n) is 3.23. The van der Waals surface area contributed by atoms with Gasteiger partial charge in [0.2, 0.25) is 0 Å². The van der Waals surface area contributed by atoms with Crippen molar-refractivity contribution in [3.63, 3.8) is 0 Å². The minimum Gasteiger partial charge on any atom is -0.383 e.